The monoisotopic (exact) mass is 434 g/mol. The average Bonchev–Trinajstić information content (AvgIpc) is 3.16. The molecule has 4 aromatic rings. The van der Waals surface area contributed by atoms with E-state index in [9.17, 15) is 9.59 Å². The predicted octanol–water partition coefficient (Wildman–Crippen LogP) is 4.05. The highest BCUT2D eigenvalue weighted by atomic mass is 16.5. The molecule has 4 rings (SSSR count). The second kappa shape index (κ2) is 8.74. The number of H-pyrrole nitrogens is 1. The highest BCUT2D eigenvalue weighted by Crippen LogP contribution is 2.34. The van der Waals surface area contributed by atoms with E-state index in [1.54, 1.807) is 26.4 Å². The van der Waals surface area contributed by atoms with Crippen molar-refractivity contribution in [1.82, 2.24) is 14.5 Å². The number of aryl methyl sites for hydroxylation is 1. The third kappa shape index (κ3) is 4.03. The molecule has 0 atom stereocenters. The maximum atomic E-state index is 13.0. The van der Waals surface area contributed by atoms with Crippen molar-refractivity contribution in [1.29, 1.82) is 0 Å². The van der Waals surface area contributed by atoms with Gasteiger partial charge in [0.05, 0.1) is 26.1 Å². The highest BCUT2D eigenvalue weighted by Gasteiger charge is 2.15. The number of hydrogen-bond donors (Lipinski definition) is 2. The van der Waals surface area contributed by atoms with Crippen LogP contribution in [0.4, 0.5) is 5.69 Å². The zero-order valence-corrected chi connectivity index (χ0v) is 18.6. The Morgan fingerprint density at radius 3 is 2.47 bits per heavy atom. The Bertz CT molecular complexity index is 1340. The number of nitrogens with one attached hydrogen (secondary N) is 2. The fourth-order valence-corrected chi connectivity index (χ4v) is 3.68. The number of rotatable bonds is 7. The van der Waals surface area contributed by atoms with Gasteiger partial charge in [0, 0.05) is 30.1 Å². The molecule has 32 heavy (non-hydrogen) atoms. The smallest absolute Gasteiger partial charge is 0.277 e. The number of aromatic nitrogens is 3. The number of methoxy groups -OCH3 is 2. The Labute approximate surface area is 185 Å². The number of aromatic amines is 1. The summed E-state index contributed by atoms with van der Waals surface area (Å²) < 4.78 is 12.1. The number of nitrogens with zero attached hydrogens (tertiary/aromatic N) is 2. The Kier molecular flexibility index (Phi) is 5.85. The summed E-state index contributed by atoms with van der Waals surface area (Å²) in [5, 5.41) is 3.64. The van der Waals surface area contributed by atoms with E-state index in [1.165, 1.54) is 16.5 Å². The van der Waals surface area contributed by atoms with Gasteiger partial charge in [-0.05, 0) is 29.7 Å². The number of anilines is 1. The molecule has 0 bridgehead atoms. The SMILES string of the molecule is COc1cc2[nH]c3c(=O)n(CCC(=O)Nc4ccc(C(C)C)cc4)cnc3c2cc1OC. The van der Waals surface area contributed by atoms with Crippen LogP contribution >= 0.6 is 0 Å². The molecule has 2 aromatic heterocycles. The lowest BCUT2D eigenvalue weighted by Gasteiger charge is -2.09. The van der Waals surface area contributed by atoms with Crippen molar-refractivity contribution in [3.8, 4) is 11.5 Å². The molecule has 2 aromatic carbocycles. The lowest BCUT2D eigenvalue weighted by atomic mass is 10.0. The molecule has 0 aliphatic rings. The topological polar surface area (TPSA) is 98.2 Å². The van der Waals surface area contributed by atoms with Gasteiger partial charge in [0.2, 0.25) is 5.91 Å². The van der Waals surface area contributed by atoms with Crippen molar-refractivity contribution in [2.24, 2.45) is 0 Å². The number of hydrogen-bond acceptors (Lipinski definition) is 5. The fourth-order valence-electron chi connectivity index (χ4n) is 3.68. The molecule has 8 heteroatoms. The van der Waals surface area contributed by atoms with Crippen LogP contribution in [0.5, 0.6) is 11.5 Å². The summed E-state index contributed by atoms with van der Waals surface area (Å²) in [6.45, 7) is 4.46. The Hall–Kier alpha value is -3.81. The van der Waals surface area contributed by atoms with Crippen molar-refractivity contribution >= 4 is 33.5 Å². The molecule has 0 aliphatic heterocycles. The van der Waals surface area contributed by atoms with Crippen molar-refractivity contribution in [2.75, 3.05) is 19.5 Å². The summed E-state index contributed by atoms with van der Waals surface area (Å²) in [7, 11) is 3.12. The average molecular weight is 434 g/mol. The first kappa shape index (κ1) is 21.4. The van der Waals surface area contributed by atoms with Gasteiger partial charge < -0.3 is 19.8 Å². The molecule has 0 aliphatic carbocycles. The first-order chi connectivity index (χ1) is 15.4. The summed E-state index contributed by atoms with van der Waals surface area (Å²) >= 11 is 0. The Morgan fingerprint density at radius 2 is 1.81 bits per heavy atom. The normalized spacial score (nSPS) is 11.3. The van der Waals surface area contributed by atoms with E-state index < -0.39 is 0 Å². The maximum Gasteiger partial charge on any atom is 0.277 e. The molecule has 0 saturated heterocycles. The van der Waals surface area contributed by atoms with Crippen LogP contribution in [0.1, 0.15) is 31.7 Å². The molecule has 0 fully saturated rings. The zero-order valence-electron chi connectivity index (χ0n) is 18.6. The molecule has 0 spiro atoms. The molecule has 0 saturated carbocycles. The minimum absolute atomic E-state index is 0.154. The molecule has 2 heterocycles. The van der Waals surface area contributed by atoms with Crippen LogP contribution < -0.4 is 20.3 Å². The third-order valence-electron chi connectivity index (χ3n) is 5.52. The van der Waals surface area contributed by atoms with Crippen molar-refractivity contribution in [3.63, 3.8) is 0 Å². The number of carbonyl (C=O) groups excluding carboxylic acids is 1. The minimum atomic E-state index is -0.238. The molecule has 2 N–H and O–H groups in total. The van der Waals surface area contributed by atoms with Gasteiger partial charge in [0.1, 0.15) is 11.0 Å². The number of benzene rings is 2. The number of ether oxygens (including phenoxy) is 2. The molecule has 0 radical (unpaired) electrons. The minimum Gasteiger partial charge on any atom is -0.493 e. The summed E-state index contributed by atoms with van der Waals surface area (Å²) in [5.74, 6) is 1.39. The highest BCUT2D eigenvalue weighted by molar-refractivity contribution is 6.05. The van der Waals surface area contributed by atoms with E-state index in [0.29, 0.717) is 28.5 Å². The number of fused-ring (bicyclic) bond motifs is 3. The van der Waals surface area contributed by atoms with E-state index in [2.05, 4.69) is 29.1 Å². The van der Waals surface area contributed by atoms with Crippen LogP contribution in [-0.4, -0.2) is 34.7 Å². The Morgan fingerprint density at radius 1 is 1.12 bits per heavy atom. The molecular formula is C24H26N4O4. The largest absolute Gasteiger partial charge is 0.493 e. The number of carbonyl (C=O) groups is 1. The van der Waals surface area contributed by atoms with Gasteiger partial charge in [-0.1, -0.05) is 26.0 Å². The maximum absolute atomic E-state index is 13.0. The summed E-state index contributed by atoms with van der Waals surface area (Å²) in [6, 6.07) is 11.4. The van der Waals surface area contributed by atoms with Crippen LogP contribution in [0.25, 0.3) is 21.9 Å². The number of amides is 1. The van der Waals surface area contributed by atoms with E-state index >= 15 is 0 Å². The fraction of sp³-hybridized carbons (Fsp3) is 0.292. The lowest BCUT2D eigenvalue weighted by Crippen LogP contribution is -2.23. The van der Waals surface area contributed by atoms with E-state index in [1.807, 2.05) is 24.3 Å². The van der Waals surface area contributed by atoms with E-state index in [-0.39, 0.29) is 24.4 Å². The predicted molar refractivity (Wildman–Crippen MR) is 125 cm³/mol. The van der Waals surface area contributed by atoms with Crippen molar-refractivity contribution < 1.29 is 14.3 Å². The second-order valence-electron chi connectivity index (χ2n) is 7.92. The molecule has 0 unspecified atom stereocenters. The van der Waals surface area contributed by atoms with E-state index in [4.69, 9.17) is 9.47 Å². The first-order valence-corrected chi connectivity index (χ1v) is 10.4. The lowest BCUT2D eigenvalue weighted by molar-refractivity contribution is -0.116. The van der Waals surface area contributed by atoms with Crippen LogP contribution in [-0.2, 0) is 11.3 Å². The van der Waals surface area contributed by atoms with Gasteiger partial charge in [-0.3, -0.25) is 14.2 Å². The molecule has 8 nitrogen and oxygen atoms in total. The van der Waals surface area contributed by atoms with Gasteiger partial charge in [0.25, 0.3) is 5.56 Å². The van der Waals surface area contributed by atoms with Crippen LogP contribution in [0.2, 0.25) is 0 Å². The molecular weight excluding hydrogens is 408 g/mol. The standard InChI is InChI=1S/C24H26N4O4/c1-14(2)15-5-7-16(8-6-15)26-21(29)9-10-28-13-25-22-17-11-19(31-3)20(32-4)12-18(17)27-23(22)24(28)30/h5-8,11-14,27H,9-10H2,1-4H3,(H,26,29). The first-order valence-electron chi connectivity index (χ1n) is 10.4. The van der Waals surface area contributed by atoms with Gasteiger partial charge in [-0.2, -0.15) is 0 Å². The third-order valence-corrected chi connectivity index (χ3v) is 5.52. The van der Waals surface area contributed by atoms with Crippen molar-refractivity contribution in [2.45, 2.75) is 32.7 Å². The second-order valence-corrected chi connectivity index (χ2v) is 7.92. The molecule has 166 valence electrons. The summed E-state index contributed by atoms with van der Waals surface area (Å²) in [5.41, 5.74) is 3.36. The molecule has 1 amide bonds. The quantitative estimate of drug-likeness (QED) is 0.457. The van der Waals surface area contributed by atoms with Crippen LogP contribution in [0.3, 0.4) is 0 Å². The van der Waals surface area contributed by atoms with Crippen LogP contribution in [0.15, 0.2) is 47.5 Å². The Balaban J connectivity index is 1.53. The summed E-state index contributed by atoms with van der Waals surface area (Å²) in [4.78, 5) is 32.9. The zero-order chi connectivity index (χ0) is 22.8. The summed E-state index contributed by atoms with van der Waals surface area (Å²) in [6.07, 6.45) is 1.63. The van der Waals surface area contributed by atoms with Crippen LogP contribution in [0, 0.1) is 0 Å². The van der Waals surface area contributed by atoms with Gasteiger partial charge >= 0.3 is 0 Å². The van der Waals surface area contributed by atoms with Gasteiger partial charge in [0.15, 0.2) is 11.5 Å². The van der Waals surface area contributed by atoms with Gasteiger partial charge in [-0.15, -0.1) is 0 Å². The van der Waals surface area contributed by atoms with E-state index in [0.717, 1.165) is 16.6 Å². The van der Waals surface area contributed by atoms with Gasteiger partial charge in [-0.25, -0.2) is 4.98 Å². The van der Waals surface area contributed by atoms with Crippen molar-refractivity contribution in [3.05, 3.63) is 58.6 Å².